The molecule has 2 saturated carbocycles. The first-order valence-corrected chi connectivity index (χ1v) is 12.0. The molecule has 1 aromatic carbocycles. The predicted molar refractivity (Wildman–Crippen MR) is 123 cm³/mol. The number of hydrogen-bond donors (Lipinski definition) is 4. The standard InChI is InChI=1S/C26H31FN2O4/c1-24-10-9-18-22(31)25(27)13-16(30)4-3-15(25)8-11-26(18,32)21(24)7-5-17(24)14-2-6-20-19(12-14)29-23(28)33-20/h2,5-6,9,12,15-16,21-22,30-32H,3-4,7-8,10-11,13H2,1H3,(H2,28,29)/t15?,16?,21?,22?,24?,25?,26-/m1/s1. The van der Waals surface area contributed by atoms with E-state index in [0.717, 1.165) is 11.1 Å². The molecule has 0 amide bonds. The maximum Gasteiger partial charge on any atom is 0.292 e. The van der Waals surface area contributed by atoms with E-state index in [9.17, 15) is 15.3 Å². The number of nitrogens with two attached hydrogens (primary N) is 1. The molecule has 33 heavy (non-hydrogen) atoms. The van der Waals surface area contributed by atoms with Gasteiger partial charge in [-0.3, -0.25) is 0 Å². The molecule has 4 aliphatic rings. The van der Waals surface area contributed by atoms with Crippen LogP contribution >= 0.6 is 0 Å². The number of aromatic nitrogens is 1. The van der Waals surface area contributed by atoms with Crippen LogP contribution in [0.3, 0.4) is 0 Å². The number of allylic oxidation sites excluding steroid dienone is 3. The van der Waals surface area contributed by atoms with Crippen LogP contribution in [0.25, 0.3) is 16.7 Å². The summed E-state index contributed by atoms with van der Waals surface area (Å²) in [5, 5.41) is 33.5. The first-order valence-electron chi connectivity index (χ1n) is 12.0. The SMILES string of the molecule is CC12CC=C3C(O)C4(F)CC(O)CCC4CC[C@]3(O)C1CC=C2c1ccc2oc(N)nc2c1. The predicted octanol–water partition coefficient (Wildman–Crippen LogP) is 3.90. The van der Waals surface area contributed by atoms with Gasteiger partial charge >= 0.3 is 0 Å². The van der Waals surface area contributed by atoms with Crippen LogP contribution in [0.2, 0.25) is 0 Å². The highest BCUT2D eigenvalue weighted by atomic mass is 19.1. The lowest BCUT2D eigenvalue weighted by molar-refractivity contribution is -0.0963. The fraction of sp³-hybridized carbons (Fsp3) is 0.577. The lowest BCUT2D eigenvalue weighted by Gasteiger charge is -2.50. The van der Waals surface area contributed by atoms with E-state index < -0.39 is 23.5 Å². The molecule has 0 radical (unpaired) electrons. The number of anilines is 1. The molecule has 0 spiro atoms. The fourth-order valence-electron chi connectivity index (χ4n) is 7.45. The van der Waals surface area contributed by atoms with Gasteiger partial charge in [0, 0.05) is 17.8 Å². The molecule has 0 saturated heterocycles. The summed E-state index contributed by atoms with van der Waals surface area (Å²) in [4.78, 5) is 4.26. The molecule has 2 aromatic rings. The zero-order valence-electron chi connectivity index (χ0n) is 18.8. The van der Waals surface area contributed by atoms with E-state index >= 15 is 4.39 Å². The summed E-state index contributed by atoms with van der Waals surface area (Å²) >= 11 is 0. The van der Waals surface area contributed by atoms with Gasteiger partial charge in [0.15, 0.2) is 5.58 Å². The minimum absolute atomic E-state index is 0.0709. The van der Waals surface area contributed by atoms with Crippen molar-refractivity contribution in [2.45, 2.75) is 75.3 Å². The molecule has 6 rings (SSSR count). The number of fused-ring (bicyclic) bond motifs is 5. The number of hydrogen-bond acceptors (Lipinski definition) is 6. The number of aliphatic hydroxyl groups excluding tert-OH is 2. The van der Waals surface area contributed by atoms with Crippen LogP contribution < -0.4 is 5.73 Å². The summed E-state index contributed by atoms with van der Waals surface area (Å²) < 4.78 is 21.6. The van der Waals surface area contributed by atoms with Crippen LogP contribution in [0, 0.1) is 17.3 Å². The van der Waals surface area contributed by atoms with Crippen molar-refractivity contribution in [3.63, 3.8) is 0 Å². The third-order valence-corrected chi connectivity index (χ3v) is 9.18. The van der Waals surface area contributed by atoms with Crippen molar-refractivity contribution in [1.82, 2.24) is 4.98 Å². The monoisotopic (exact) mass is 454 g/mol. The average Bonchev–Trinajstić information content (AvgIpc) is 3.29. The fourth-order valence-corrected chi connectivity index (χ4v) is 7.45. The Bertz CT molecular complexity index is 1190. The van der Waals surface area contributed by atoms with Crippen LogP contribution in [0.5, 0.6) is 0 Å². The van der Waals surface area contributed by atoms with Crippen molar-refractivity contribution in [1.29, 1.82) is 0 Å². The van der Waals surface area contributed by atoms with E-state index in [2.05, 4.69) is 18.0 Å². The lowest BCUT2D eigenvalue weighted by atomic mass is 9.57. The topological polar surface area (TPSA) is 113 Å². The first-order chi connectivity index (χ1) is 15.6. The van der Waals surface area contributed by atoms with Gasteiger partial charge in [0.1, 0.15) is 17.3 Å². The van der Waals surface area contributed by atoms with Gasteiger partial charge < -0.3 is 25.5 Å². The maximum atomic E-state index is 16.2. The Morgan fingerprint density at radius 2 is 2.00 bits per heavy atom. The summed E-state index contributed by atoms with van der Waals surface area (Å²) in [5.41, 5.74) is 6.04. The number of nitrogen functional groups attached to an aromatic ring is 1. The number of rotatable bonds is 1. The van der Waals surface area contributed by atoms with Gasteiger partial charge in [-0.2, -0.15) is 4.98 Å². The zero-order valence-corrected chi connectivity index (χ0v) is 18.8. The molecular formula is C26H31FN2O4. The second-order valence-corrected chi connectivity index (χ2v) is 10.8. The van der Waals surface area contributed by atoms with Crippen LogP contribution in [-0.4, -0.2) is 43.8 Å². The van der Waals surface area contributed by atoms with E-state index in [1.807, 2.05) is 24.3 Å². The van der Waals surface area contributed by atoms with Crippen molar-refractivity contribution in [3.8, 4) is 0 Å². The van der Waals surface area contributed by atoms with Gasteiger partial charge in [0.05, 0.1) is 11.7 Å². The molecule has 0 bridgehead atoms. The quantitative estimate of drug-likeness (QED) is 0.486. The van der Waals surface area contributed by atoms with E-state index in [1.54, 1.807) is 0 Å². The molecule has 6 unspecified atom stereocenters. The molecule has 4 aliphatic carbocycles. The van der Waals surface area contributed by atoms with Crippen molar-refractivity contribution >= 4 is 22.7 Å². The second kappa shape index (κ2) is 6.90. The van der Waals surface area contributed by atoms with Gasteiger partial charge in [-0.25, -0.2) is 4.39 Å². The number of alkyl halides is 1. The highest BCUT2D eigenvalue weighted by Gasteiger charge is 2.62. The van der Waals surface area contributed by atoms with Crippen LogP contribution in [0.15, 0.2) is 40.3 Å². The maximum absolute atomic E-state index is 16.2. The Hall–Kier alpha value is -2.22. The number of nitrogens with zero attached hydrogens (tertiary/aromatic N) is 1. The van der Waals surface area contributed by atoms with E-state index in [0.29, 0.717) is 55.2 Å². The highest BCUT2D eigenvalue weighted by Crippen LogP contribution is 2.63. The van der Waals surface area contributed by atoms with Gasteiger partial charge in [-0.15, -0.1) is 0 Å². The van der Waals surface area contributed by atoms with Crippen molar-refractivity contribution in [3.05, 3.63) is 41.5 Å². The van der Waals surface area contributed by atoms with Crippen molar-refractivity contribution < 1.29 is 24.1 Å². The largest absolute Gasteiger partial charge is 0.424 e. The number of benzene rings is 1. The summed E-state index contributed by atoms with van der Waals surface area (Å²) in [6, 6.07) is 5.95. The van der Waals surface area contributed by atoms with Gasteiger partial charge in [-0.05, 0) is 73.3 Å². The second-order valence-electron chi connectivity index (χ2n) is 10.8. The number of aliphatic hydroxyl groups is 3. The van der Waals surface area contributed by atoms with Crippen molar-refractivity contribution in [2.75, 3.05) is 5.73 Å². The lowest BCUT2D eigenvalue weighted by Crippen LogP contribution is -2.55. The minimum Gasteiger partial charge on any atom is -0.424 e. The Balaban J connectivity index is 1.39. The Labute approximate surface area is 192 Å². The molecule has 176 valence electrons. The zero-order chi connectivity index (χ0) is 23.2. The van der Waals surface area contributed by atoms with E-state index in [1.165, 1.54) is 0 Å². The molecule has 7 heteroatoms. The Kier molecular flexibility index (Phi) is 4.46. The van der Waals surface area contributed by atoms with Crippen LogP contribution in [0.1, 0.15) is 57.4 Å². The number of oxazole rings is 1. The van der Waals surface area contributed by atoms with Crippen LogP contribution in [-0.2, 0) is 0 Å². The van der Waals surface area contributed by atoms with Gasteiger partial charge in [0.25, 0.3) is 6.01 Å². The molecule has 5 N–H and O–H groups in total. The summed E-state index contributed by atoms with van der Waals surface area (Å²) in [6.45, 7) is 2.16. The molecule has 6 nitrogen and oxygen atoms in total. The molecule has 7 atom stereocenters. The summed E-state index contributed by atoms with van der Waals surface area (Å²) in [5.74, 6) is -0.520. The summed E-state index contributed by atoms with van der Waals surface area (Å²) in [7, 11) is 0. The first kappa shape index (κ1) is 21.3. The average molecular weight is 455 g/mol. The smallest absolute Gasteiger partial charge is 0.292 e. The van der Waals surface area contributed by atoms with Gasteiger partial charge in [0.2, 0.25) is 0 Å². The van der Waals surface area contributed by atoms with Crippen LogP contribution in [0.4, 0.5) is 10.4 Å². The normalized spacial score (nSPS) is 42.7. The van der Waals surface area contributed by atoms with Crippen molar-refractivity contribution in [2.24, 2.45) is 17.3 Å². The molecule has 1 aromatic heterocycles. The Morgan fingerprint density at radius 1 is 1.18 bits per heavy atom. The number of halogens is 1. The minimum atomic E-state index is -1.89. The molecular weight excluding hydrogens is 423 g/mol. The third-order valence-electron chi connectivity index (χ3n) is 9.18. The highest BCUT2D eigenvalue weighted by molar-refractivity contribution is 5.83. The molecule has 2 fully saturated rings. The summed E-state index contributed by atoms with van der Waals surface area (Å²) in [6.07, 6.45) is 5.07. The third kappa shape index (κ3) is 2.85. The Morgan fingerprint density at radius 3 is 2.82 bits per heavy atom. The van der Waals surface area contributed by atoms with E-state index in [-0.39, 0.29) is 29.7 Å². The van der Waals surface area contributed by atoms with E-state index in [4.69, 9.17) is 10.2 Å². The molecule has 0 aliphatic heterocycles. The van der Waals surface area contributed by atoms with Gasteiger partial charge in [-0.1, -0.05) is 25.1 Å². The molecule has 1 heterocycles.